The van der Waals surface area contributed by atoms with E-state index in [1.807, 2.05) is 44.2 Å². The fourth-order valence-corrected chi connectivity index (χ4v) is 4.45. The maximum atomic E-state index is 12.9. The normalized spacial score (nSPS) is 18.0. The zero-order chi connectivity index (χ0) is 21.0. The van der Waals surface area contributed by atoms with Gasteiger partial charge in [0.1, 0.15) is 5.25 Å². The van der Waals surface area contributed by atoms with Gasteiger partial charge in [-0.25, -0.2) is 4.99 Å². The van der Waals surface area contributed by atoms with Crippen LogP contribution in [0.3, 0.4) is 0 Å². The molecule has 0 saturated carbocycles. The van der Waals surface area contributed by atoms with E-state index in [1.165, 1.54) is 11.8 Å². The Hall–Kier alpha value is -2.02. The van der Waals surface area contributed by atoms with Crippen molar-refractivity contribution in [3.8, 4) is 0 Å². The number of para-hydroxylation sites is 1. The molecule has 0 radical (unpaired) electrons. The summed E-state index contributed by atoms with van der Waals surface area (Å²) in [5.74, 6) is -0.109. The Morgan fingerprint density at radius 1 is 1.21 bits per heavy atom. The maximum absolute atomic E-state index is 12.9. The van der Waals surface area contributed by atoms with Gasteiger partial charge in [0.15, 0.2) is 5.17 Å². The molecule has 8 heteroatoms. The van der Waals surface area contributed by atoms with Gasteiger partial charge in [0.2, 0.25) is 11.8 Å². The smallest absolute Gasteiger partial charge is 0.242 e. The van der Waals surface area contributed by atoms with Gasteiger partial charge in [-0.15, -0.1) is 0 Å². The molecule has 0 unspecified atom stereocenters. The van der Waals surface area contributed by atoms with Crippen molar-refractivity contribution in [2.24, 2.45) is 10.9 Å². The Balaban J connectivity index is 1.74. The lowest BCUT2D eigenvalue weighted by atomic mass is 10.2. The second kappa shape index (κ2) is 9.65. The van der Waals surface area contributed by atoms with Gasteiger partial charge in [0.05, 0.1) is 16.4 Å². The highest BCUT2D eigenvalue weighted by Gasteiger charge is 2.39. The summed E-state index contributed by atoms with van der Waals surface area (Å²) in [6.45, 7) is 4.64. The predicted molar refractivity (Wildman–Crippen MR) is 121 cm³/mol. The average Bonchev–Trinajstić information content (AvgIpc) is 2.93. The van der Waals surface area contributed by atoms with Gasteiger partial charge >= 0.3 is 0 Å². The second-order valence-electron chi connectivity index (χ2n) is 7.06. The molecule has 1 N–H and O–H groups in total. The molecule has 1 atom stereocenters. The van der Waals surface area contributed by atoms with Gasteiger partial charge in [0, 0.05) is 18.0 Å². The van der Waals surface area contributed by atoms with Crippen LogP contribution < -0.4 is 5.32 Å². The largest absolute Gasteiger partial charge is 0.325 e. The lowest BCUT2D eigenvalue weighted by molar-refractivity contribution is -0.128. The van der Waals surface area contributed by atoms with E-state index in [2.05, 4.69) is 10.3 Å². The number of aliphatic imine (C=N–C) groups is 1. The van der Waals surface area contributed by atoms with E-state index < -0.39 is 5.25 Å². The third-order valence-electron chi connectivity index (χ3n) is 4.12. The molecule has 1 saturated heterocycles. The fourth-order valence-electron chi connectivity index (χ4n) is 2.83. The second-order valence-corrected chi connectivity index (χ2v) is 9.07. The van der Waals surface area contributed by atoms with Crippen LogP contribution in [0.2, 0.25) is 10.0 Å². The fraction of sp³-hybridized carbons (Fsp3) is 0.286. The van der Waals surface area contributed by atoms with Crippen LogP contribution >= 0.6 is 35.0 Å². The zero-order valence-corrected chi connectivity index (χ0v) is 18.4. The number of nitrogens with one attached hydrogen (secondary N) is 1. The number of benzene rings is 2. The van der Waals surface area contributed by atoms with Gasteiger partial charge in [-0.3, -0.25) is 14.5 Å². The molecule has 0 aromatic heterocycles. The first kappa shape index (κ1) is 21.7. The molecule has 0 spiro atoms. The minimum atomic E-state index is -0.526. The Kier molecular flexibility index (Phi) is 7.22. The molecular formula is C21H21Cl2N3O2S. The number of hydrogen-bond donors (Lipinski definition) is 1. The quantitative estimate of drug-likeness (QED) is 0.622. The summed E-state index contributed by atoms with van der Waals surface area (Å²) in [5, 5.41) is 3.69. The highest BCUT2D eigenvalue weighted by atomic mass is 35.5. The van der Waals surface area contributed by atoms with Crippen molar-refractivity contribution >= 4 is 63.3 Å². The van der Waals surface area contributed by atoms with Crippen molar-refractivity contribution in [2.45, 2.75) is 25.5 Å². The molecular weight excluding hydrogens is 429 g/mol. The molecule has 1 heterocycles. The van der Waals surface area contributed by atoms with Gasteiger partial charge in [-0.2, -0.15) is 0 Å². The minimum Gasteiger partial charge on any atom is -0.325 e. The van der Waals surface area contributed by atoms with Gasteiger partial charge in [0.25, 0.3) is 0 Å². The third-order valence-corrected chi connectivity index (χ3v) is 5.85. The number of hydrogen-bond acceptors (Lipinski definition) is 4. The zero-order valence-electron chi connectivity index (χ0n) is 16.1. The molecule has 1 fully saturated rings. The van der Waals surface area contributed by atoms with Gasteiger partial charge in [-0.1, -0.05) is 67.0 Å². The van der Waals surface area contributed by atoms with Crippen molar-refractivity contribution in [1.29, 1.82) is 0 Å². The van der Waals surface area contributed by atoms with E-state index in [0.717, 1.165) is 5.69 Å². The van der Waals surface area contributed by atoms with E-state index in [-0.39, 0.29) is 24.2 Å². The summed E-state index contributed by atoms with van der Waals surface area (Å²) in [7, 11) is 0. The Morgan fingerprint density at radius 3 is 2.59 bits per heavy atom. The van der Waals surface area contributed by atoms with Crippen LogP contribution in [0.1, 0.15) is 20.3 Å². The molecule has 152 valence electrons. The molecule has 2 aromatic rings. The summed E-state index contributed by atoms with van der Waals surface area (Å²) in [6.07, 6.45) is 0.0326. The Morgan fingerprint density at radius 2 is 1.93 bits per heavy atom. The molecule has 1 aliphatic rings. The molecule has 0 bridgehead atoms. The first-order valence-corrected chi connectivity index (χ1v) is 10.8. The number of amidine groups is 1. The number of rotatable bonds is 6. The van der Waals surface area contributed by atoms with E-state index >= 15 is 0 Å². The lowest BCUT2D eigenvalue weighted by Gasteiger charge is -2.18. The minimum absolute atomic E-state index is 0.0326. The standard InChI is InChI=1S/C21H21Cl2N3O2S/c1-13(2)12-26-20(28)18(29-21(26)24-15-6-4-3-5-7-15)11-19(27)25-17-9-8-14(22)10-16(17)23/h3-10,13,18H,11-12H2,1-2H3,(H,25,27)/t18-/m0/s1. The monoisotopic (exact) mass is 449 g/mol. The summed E-state index contributed by atoms with van der Waals surface area (Å²) < 4.78 is 0. The van der Waals surface area contributed by atoms with Crippen LogP contribution in [0.5, 0.6) is 0 Å². The number of carbonyl (C=O) groups is 2. The number of amides is 2. The molecule has 3 rings (SSSR count). The van der Waals surface area contributed by atoms with E-state index in [1.54, 1.807) is 23.1 Å². The number of halogens is 2. The molecule has 2 aromatic carbocycles. The maximum Gasteiger partial charge on any atom is 0.242 e. The van der Waals surface area contributed by atoms with Crippen LogP contribution in [0.15, 0.2) is 53.5 Å². The van der Waals surface area contributed by atoms with Crippen LogP contribution in [0, 0.1) is 5.92 Å². The van der Waals surface area contributed by atoms with Crippen molar-refractivity contribution in [1.82, 2.24) is 4.90 Å². The Bertz CT molecular complexity index is 935. The van der Waals surface area contributed by atoms with E-state index in [9.17, 15) is 9.59 Å². The van der Waals surface area contributed by atoms with Crippen molar-refractivity contribution in [3.05, 3.63) is 58.6 Å². The lowest BCUT2D eigenvalue weighted by Crippen LogP contribution is -2.36. The van der Waals surface area contributed by atoms with Gasteiger partial charge < -0.3 is 5.32 Å². The number of anilines is 1. The SMILES string of the molecule is CC(C)CN1C(=O)[C@H](CC(=O)Nc2ccc(Cl)cc2Cl)SC1=Nc1ccccc1. The predicted octanol–water partition coefficient (Wildman–Crippen LogP) is 5.61. The average molecular weight is 450 g/mol. The molecule has 5 nitrogen and oxygen atoms in total. The molecule has 1 aliphatic heterocycles. The van der Waals surface area contributed by atoms with Crippen LogP contribution in [0.4, 0.5) is 11.4 Å². The summed E-state index contributed by atoms with van der Waals surface area (Å²) in [4.78, 5) is 31.8. The highest BCUT2D eigenvalue weighted by molar-refractivity contribution is 8.15. The summed E-state index contributed by atoms with van der Waals surface area (Å²) >= 11 is 13.3. The van der Waals surface area contributed by atoms with Crippen molar-refractivity contribution in [3.63, 3.8) is 0 Å². The van der Waals surface area contributed by atoms with Crippen LogP contribution in [-0.2, 0) is 9.59 Å². The first-order valence-electron chi connectivity index (χ1n) is 9.20. The molecule has 2 amide bonds. The Labute approximate surface area is 184 Å². The van der Waals surface area contributed by atoms with E-state index in [4.69, 9.17) is 23.2 Å². The third kappa shape index (κ3) is 5.75. The van der Waals surface area contributed by atoms with Gasteiger partial charge in [-0.05, 0) is 36.2 Å². The van der Waals surface area contributed by atoms with Crippen LogP contribution in [-0.4, -0.2) is 33.7 Å². The number of nitrogens with zero attached hydrogens (tertiary/aromatic N) is 2. The number of thioether (sulfide) groups is 1. The molecule has 29 heavy (non-hydrogen) atoms. The summed E-state index contributed by atoms with van der Waals surface area (Å²) in [6, 6.07) is 14.3. The first-order chi connectivity index (χ1) is 13.8. The van der Waals surface area contributed by atoms with Crippen LogP contribution in [0.25, 0.3) is 0 Å². The van der Waals surface area contributed by atoms with Crippen molar-refractivity contribution < 1.29 is 9.59 Å². The van der Waals surface area contributed by atoms with Crippen molar-refractivity contribution in [2.75, 3.05) is 11.9 Å². The molecule has 0 aliphatic carbocycles. The highest BCUT2D eigenvalue weighted by Crippen LogP contribution is 2.33. The number of carbonyl (C=O) groups excluding carboxylic acids is 2. The van der Waals surface area contributed by atoms with E-state index in [0.29, 0.717) is 27.4 Å². The topological polar surface area (TPSA) is 61.8 Å². The summed E-state index contributed by atoms with van der Waals surface area (Å²) in [5.41, 5.74) is 1.24.